The molecule has 25 heavy (non-hydrogen) atoms. The minimum atomic E-state index is -0.00368. The number of ether oxygens (including phenoxy) is 1. The van der Waals surface area contributed by atoms with Gasteiger partial charge in [-0.25, -0.2) is 0 Å². The van der Waals surface area contributed by atoms with Crippen molar-refractivity contribution < 1.29 is 14.3 Å². The Hall–Kier alpha value is -1.96. The summed E-state index contributed by atoms with van der Waals surface area (Å²) >= 11 is 0. The molecule has 0 aliphatic carbocycles. The van der Waals surface area contributed by atoms with Gasteiger partial charge in [-0.3, -0.25) is 14.5 Å². The standard InChI is InChI=1S/C18H28N4O3/c1-25-12-9-19-13-17(23)20-16-7-10-22(11-8-16)14-18(24)21-15-5-3-2-4-6-15/h2-6,16,19H,7-14H2,1H3,(H,20,23)(H,21,24). The maximum absolute atomic E-state index is 12.1. The van der Waals surface area contributed by atoms with Crippen LogP contribution in [-0.2, 0) is 14.3 Å². The number of piperidine rings is 1. The molecule has 0 saturated carbocycles. The number of carbonyl (C=O) groups excluding carboxylic acids is 2. The summed E-state index contributed by atoms with van der Waals surface area (Å²) in [6, 6.07) is 9.65. The third-order valence-electron chi connectivity index (χ3n) is 4.15. The predicted molar refractivity (Wildman–Crippen MR) is 97.4 cm³/mol. The van der Waals surface area contributed by atoms with E-state index in [1.165, 1.54) is 0 Å². The van der Waals surface area contributed by atoms with Crippen LogP contribution in [0.15, 0.2) is 30.3 Å². The molecule has 1 aromatic rings. The summed E-state index contributed by atoms with van der Waals surface area (Å²) in [6.07, 6.45) is 1.73. The van der Waals surface area contributed by atoms with Crippen molar-refractivity contribution >= 4 is 17.5 Å². The fourth-order valence-corrected chi connectivity index (χ4v) is 2.82. The molecule has 1 aliphatic heterocycles. The zero-order chi connectivity index (χ0) is 17.9. The molecule has 7 heteroatoms. The van der Waals surface area contributed by atoms with Crippen molar-refractivity contribution in [1.82, 2.24) is 15.5 Å². The molecule has 0 atom stereocenters. The molecule has 2 rings (SSSR count). The number of carbonyl (C=O) groups is 2. The molecule has 0 spiro atoms. The van der Waals surface area contributed by atoms with Crippen LogP contribution in [0.3, 0.4) is 0 Å². The van der Waals surface area contributed by atoms with Crippen LogP contribution in [0.4, 0.5) is 5.69 Å². The number of benzene rings is 1. The molecular weight excluding hydrogens is 320 g/mol. The van der Waals surface area contributed by atoms with E-state index in [2.05, 4.69) is 20.9 Å². The predicted octanol–water partition coefficient (Wildman–Crippen LogP) is 0.442. The maximum atomic E-state index is 12.1. The summed E-state index contributed by atoms with van der Waals surface area (Å²) in [4.78, 5) is 26.0. The van der Waals surface area contributed by atoms with Gasteiger partial charge in [0.05, 0.1) is 19.7 Å². The van der Waals surface area contributed by atoms with E-state index in [9.17, 15) is 9.59 Å². The zero-order valence-electron chi connectivity index (χ0n) is 14.8. The molecule has 0 aromatic heterocycles. The Bertz CT molecular complexity index is 530. The number of rotatable bonds is 9. The fourth-order valence-electron chi connectivity index (χ4n) is 2.82. The normalized spacial score (nSPS) is 15.7. The average Bonchev–Trinajstić information content (AvgIpc) is 2.61. The van der Waals surface area contributed by atoms with Gasteiger partial charge in [0.25, 0.3) is 0 Å². The van der Waals surface area contributed by atoms with E-state index < -0.39 is 0 Å². The highest BCUT2D eigenvalue weighted by atomic mass is 16.5. The van der Waals surface area contributed by atoms with Gasteiger partial charge in [-0.15, -0.1) is 0 Å². The first-order valence-electron chi connectivity index (χ1n) is 8.73. The molecule has 1 aromatic carbocycles. The van der Waals surface area contributed by atoms with Gasteiger partial charge in [-0.2, -0.15) is 0 Å². The number of nitrogens with one attached hydrogen (secondary N) is 3. The Morgan fingerprint density at radius 3 is 2.56 bits per heavy atom. The molecule has 1 fully saturated rings. The Morgan fingerprint density at radius 1 is 1.16 bits per heavy atom. The smallest absolute Gasteiger partial charge is 0.238 e. The molecule has 1 aliphatic rings. The van der Waals surface area contributed by atoms with Crippen molar-refractivity contribution in [2.45, 2.75) is 18.9 Å². The van der Waals surface area contributed by atoms with Crippen molar-refractivity contribution in [2.24, 2.45) is 0 Å². The van der Waals surface area contributed by atoms with Crippen molar-refractivity contribution in [3.05, 3.63) is 30.3 Å². The second-order valence-electron chi connectivity index (χ2n) is 6.20. The summed E-state index contributed by atoms with van der Waals surface area (Å²) < 4.78 is 4.92. The number of anilines is 1. The van der Waals surface area contributed by atoms with E-state index in [4.69, 9.17) is 4.74 Å². The first kappa shape index (κ1) is 19.4. The van der Waals surface area contributed by atoms with Crippen LogP contribution in [0.5, 0.6) is 0 Å². The number of likely N-dealkylation sites (tertiary alicyclic amines) is 1. The molecule has 2 amide bonds. The first-order chi connectivity index (χ1) is 12.2. The number of hydrogen-bond donors (Lipinski definition) is 3. The lowest BCUT2D eigenvalue weighted by Gasteiger charge is -2.31. The lowest BCUT2D eigenvalue weighted by Crippen LogP contribution is -2.48. The van der Waals surface area contributed by atoms with Gasteiger partial charge in [0.1, 0.15) is 0 Å². The van der Waals surface area contributed by atoms with Gasteiger partial charge in [-0.1, -0.05) is 18.2 Å². The quantitative estimate of drug-likeness (QED) is 0.564. The van der Waals surface area contributed by atoms with Crippen molar-refractivity contribution in [3.63, 3.8) is 0 Å². The Kier molecular flexibility index (Phi) is 8.38. The minimum Gasteiger partial charge on any atom is -0.383 e. The number of amides is 2. The summed E-state index contributed by atoms with van der Waals surface area (Å²) in [7, 11) is 1.63. The van der Waals surface area contributed by atoms with Crippen LogP contribution >= 0.6 is 0 Å². The molecule has 0 unspecified atom stereocenters. The van der Waals surface area contributed by atoms with Crippen LogP contribution in [0.25, 0.3) is 0 Å². The van der Waals surface area contributed by atoms with Crippen LogP contribution in [0.1, 0.15) is 12.8 Å². The second-order valence-corrected chi connectivity index (χ2v) is 6.20. The van der Waals surface area contributed by atoms with E-state index in [0.29, 0.717) is 26.2 Å². The van der Waals surface area contributed by atoms with Gasteiger partial charge in [-0.05, 0) is 25.0 Å². The van der Waals surface area contributed by atoms with Crippen LogP contribution in [0.2, 0.25) is 0 Å². The summed E-state index contributed by atoms with van der Waals surface area (Å²) in [5.74, 6) is 0.00685. The fraction of sp³-hybridized carbons (Fsp3) is 0.556. The highest BCUT2D eigenvalue weighted by molar-refractivity contribution is 5.92. The largest absolute Gasteiger partial charge is 0.383 e. The minimum absolute atomic E-state index is 0.00368. The molecule has 138 valence electrons. The lowest BCUT2D eigenvalue weighted by atomic mass is 10.0. The van der Waals surface area contributed by atoms with E-state index in [1.54, 1.807) is 7.11 Å². The molecule has 1 heterocycles. The topological polar surface area (TPSA) is 82.7 Å². The van der Waals surface area contributed by atoms with Gasteiger partial charge >= 0.3 is 0 Å². The number of nitrogens with zero attached hydrogens (tertiary/aromatic N) is 1. The van der Waals surface area contributed by atoms with Crippen molar-refractivity contribution in [1.29, 1.82) is 0 Å². The van der Waals surface area contributed by atoms with Gasteiger partial charge < -0.3 is 20.7 Å². The van der Waals surface area contributed by atoms with E-state index in [1.807, 2.05) is 30.3 Å². The van der Waals surface area contributed by atoms with E-state index in [0.717, 1.165) is 31.6 Å². The Balaban J connectivity index is 1.61. The zero-order valence-corrected chi connectivity index (χ0v) is 14.8. The summed E-state index contributed by atoms with van der Waals surface area (Å²) in [5.41, 5.74) is 0.815. The van der Waals surface area contributed by atoms with Crippen molar-refractivity contribution in [2.75, 3.05) is 51.8 Å². The third kappa shape index (κ3) is 7.64. The monoisotopic (exact) mass is 348 g/mol. The van der Waals surface area contributed by atoms with Crippen LogP contribution < -0.4 is 16.0 Å². The molecule has 0 radical (unpaired) electrons. The molecule has 0 bridgehead atoms. The van der Waals surface area contributed by atoms with Crippen LogP contribution in [0, 0.1) is 0 Å². The number of methoxy groups -OCH3 is 1. The Labute approximate surface area is 149 Å². The molecule has 7 nitrogen and oxygen atoms in total. The van der Waals surface area contributed by atoms with Gasteiger partial charge in [0, 0.05) is 38.5 Å². The van der Waals surface area contributed by atoms with E-state index in [-0.39, 0.29) is 17.9 Å². The number of para-hydroxylation sites is 1. The van der Waals surface area contributed by atoms with Gasteiger partial charge in [0.2, 0.25) is 11.8 Å². The van der Waals surface area contributed by atoms with Crippen LogP contribution in [-0.4, -0.2) is 69.2 Å². The third-order valence-corrected chi connectivity index (χ3v) is 4.15. The first-order valence-corrected chi connectivity index (χ1v) is 8.73. The lowest BCUT2D eigenvalue weighted by molar-refractivity contribution is -0.122. The van der Waals surface area contributed by atoms with Crippen molar-refractivity contribution in [3.8, 4) is 0 Å². The molecule has 3 N–H and O–H groups in total. The number of hydrogen-bond acceptors (Lipinski definition) is 5. The highest BCUT2D eigenvalue weighted by Crippen LogP contribution is 2.11. The summed E-state index contributed by atoms with van der Waals surface area (Å²) in [6.45, 7) is 3.57. The van der Waals surface area contributed by atoms with Gasteiger partial charge in [0.15, 0.2) is 0 Å². The summed E-state index contributed by atoms with van der Waals surface area (Å²) in [5, 5.41) is 8.97. The highest BCUT2D eigenvalue weighted by Gasteiger charge is 2.21. The molecule has 1 saturated heterocycles. The Morgan fingerprint density at radius 2 is 1.88 bits per heavy atom. The van der Waals surface area contributed by atoms with E-state index >= 15 is 0 Å². The maximum Gasteiger partial charge on any atom is 0.238 e. The second kappa shape index (κ2) is 10.8. The average molecular weight is 348 g/mol. The molecular formula is C18H28N4O3. The SMILES string of the molecule is COCCNCC(=O)NC1CCN(CC(=O)Nc2ccccc2)CC1.